The summed E-state index contributed by atoms with van der Waals surface area (Å²) < 4.78 is 45.6. The largest absolute Gasteiger partial charge is 0.573 e. The number of hydrogen-bond acceptors (Lipinski definition) is 3. The van der Waals surface area contributed by atoms with Gasteiger partial charge in [-0.05, 0) is 42.4 Å². The van der Waals surface area contributed by atoms with Crippen LogP contribution in [0, 0.1) is 0 Å². The highest BCUT2D eigenvalue weighted by molar-refractivity contribution is 6.29. The molecule has 1 unspecified atom stereocenters. The van der Waals surface area contributed by atoms with Crippen molar-refractivity contribution in [2.45, 2.75) is 12.4 Å². The lowest BCUT2D eigenvalue weighted by Crippen LogP contribution is -2.19. The van der Waals surface area contributed by atoms with Crippen LogP contribution in [0.2, 0.25) is 5.22 Å². The highest BCUT2D eigenvalue weighted by atomic mass is 35.5. The molecule has 1 heterocycles. The number of rotatable bonds is 4. The Kier molecular flexibility index (Phi) is 4.25. The van der Waals surface area contributed by atoms with E-state index in [1.165, 1.54) is 24.5 Å². The van der Waals surface area contributed by atoms with Gasteiger partial charge in [-0.15, -0.1) is 13.2 Å². The molecule has 0 aliphatic carbocycles. The van der Waals surface area contributed by atoms with Gasteiger partial charge in [-0.25, -0.2) is 0 Å². The van der Waals surface area contributed by atoms with E-state index in [1.807, 2.05) is 0 Å². The van der Waals surface area contributed by atoms with Crippen molar-refractivity contribution in [3.05, 3.63) is 52.9 Å². The van der Waals surface area contributed by atoms with Crippen LogP contribution in [0.5, 0.6) is 5.75 Å². The van der Waals surface area contributed by atoms with E-state index < -0.39 is 12.4 Å². The van der Waals surface area contributed by atoms with Crippen LogP contribution >= 0.6 is 11.6 Å². The van der Waals surface area contributed by atoms with E-state index in [2.05, 4.69) is 10.1 Å². The Hall–Kier alpha value is -1.66. The summed E-state index contributed by atoms with van der Waals surface area (Å²) in [7, 11) is 1.67. The lowest BCUT2D eigenvalue weighted by molar-refractivity contribution is -0.274. The molecule has 0 bridgehead atoms. The molecule has 1 aromatic heterocycles. The first-order chi connectivity index (χ1) is 9.40. The van der Waals surface area contributed by atoms with Crippen molar-refractivity contribution in [2.24, 2.45) is 0 Å². The number of nitrogens with one attached hydrogen (secondary N) is 1. The molecule has 0 radical (unpaired) electrons. The smallest absolute Gasteiger partial charge is 0.453 e. The first kappa shape index (κ1) is 14.7. The van der Waals surface area contributed by atoms with Crippen LogP contribution in [0.1, 0.15) is 17.2 Å². The van der Waals surface area contributed by atoms with Gasteiger partial charge in [0.05, 0.1) is 12.3 Å². The second kappa shape index (κ2) is 5.76. The normalized spacial score (nSPS) is 13.2. The van der Waals surface area contributed by atoms with E-state index in [0.29, 0.717) is 11.1 Å². The first-order valence-electron chi connectivity index (χ1n) is 5.66. The van der Waals surface area contributed by atoms with E-state index in [4.69, 9.17) is 16.0 Å². The van der Waals surface area contributed by atoms with Crippen LogP contribution in [0.3, 0.4) is 0 Å². The zero-order valence-corrected chi connectivity index (χ0v) is 11.1. The van der Waals surface area contributed by atoms with Gasteiger partial charge in [0.25, 0.3) is 0 Å². The first-order valence-corrected chi connectivity index (χ1v) is 6.04. The van der Waals surface area contributed by atoms with Crippen molar-refractivity contribution in [1.82, 2.24) is 5.32 Å². The van der Waals surface area contributed by atoms with Gasteiger partial charge in [-0.3, -0.25) is 0 Å². The lowest BCUT2D eigenvalue weighted by atomic mass is 10.0. The predicted octanol–water partition coefficient (Wildman–Crippen LogP) is 4.14. The number of furan rings is 1. The zero-order chi connectivity index (χ0) is 14.8. The molecule has 0 spiro atoms. The highest BCUT2D eigenvalue weighted by Crippen LogP contribution is 2.31. The molecule has 1 atom stereocenters. The fourth-order valence-electron chi connectivity index (χ4n) is 1.90. The summed E-state index contributed by atoms with van der Waals surface area (Å²) in [5.41, 5.74) is 1.22. The van der Waals surface area contributed by atoms with Crippen molar-refractivity contribution < 1.29 is 22.3 Å². The van der Waals surface area contributed by atoms with Crippen LogP contribution in [0.15, 0.2) is 41.0 Å². The number of halogens is 4. The van der Waals surface area contributed by atoms with E-state index in [1.54, 1.807) is 19.2 Å². The number of benzene rings is 1. The third-order valence-electron chi connectivity index (χ3n) is 2.67. The zero-order valence-electron chi connectivity index (χ0n) is 10.4. The van der Waals surface area contributed by atoms with Crippen LogP contribution in [-0.2, 0) is 0 Å². The van der Waals surface area contributed by atoms with Gasteiger partial charge in [-0.2, -0.15) is 0 Å². The molecule has 0 aliphatic rings. The predicted molar refractivity (Wildman–Crippen MR) is 67.7 cm³/mol. The number of hydrogen-bond donors (Lipinski definition) is 1. The summed E-state index contributed by atoms with van der Waals surface area (Å²) in [6.45, 7) is 0. The Morgan fingerprint density at radius 3 is 2.60 bits per heavy atom. The summed E-state index contributed by atoms with van der Waals surface area (Å²) in [6, 6.07) is 6.96. The summed E-state index contributed by atoms with van der Waals surface area (Å²) >= 11 is 5.89. The topological polar surface area (TPSA) is 34.4 Å². The SMILES string of the molecule is CNC(c1cccc(OC(F)(F)F)c1)c1ccoc1Cl. The van der Waals surface area contributed by atoms with Gasteiger partial charge < -0.3 is 14.5 Å². The van der Waals surface area contributed by atoms with Gasteiger partial charge >= 0.3 is 6.36 Å². The second-order valence-electron chi connectivity index (χ2n) is 3.99. The fourth-order valence-corrected chi connectivity index (χ4v) is 2.13. The molecule has 0 saturated carbocycles. The summed E-state index contributed by atoms with van der Waals surface area (Å²) in [5.74, 6) is -0.283. The minimum Gasteiger partial charge on any atom is -0.453 e. The molecule has 2 aromatic rings. The molecule has 0 saturated heterocycles. The maximum atomic E-state index is 12.2. The molecule has 1 N–H and O–H groups in total. The van der Waals surface area contributed by atoms with Crippen LogP contribution in [0.25, 0.3) is 0 Å². The van der Waals surface area contributed by atoms with Crippen LogP contribution in [0.4, 0.5) is 13.2 Å². The van der Waals surface area contributed by atoms with E-state index >= 15 is 0 Å². The molecular weight excluding hydrogens is 295 g/mol. The summed E-state index contributed by atoms with van der Waals surface area (Å²) in [6.07, 6.45) is -3.31. The van der Waals surface area contributed by atoms with Gasteiger partial charge in [0.2, 0.25) is 0 Å². The molecule has 0 aliphatic heterocycles. The number of alkyl halides is 3. The van der Waals surface area contributed by atoms with Crippen LogP contribution in [-0.4, -0.2) is 13.4 Å². The minimum atomic E-state index is -4.72. The quantitative estimate of drug-likeness (QED) is 0.922. The lowest BCUT2D eigenvalue weighted by Gasteiger charge is -2.17. The minimum absolute atomic E-state index is 0.187. The highest BCUT2D eigenvalue weighted by Gasteiger charge is 2.31. The molecule has 108 valence electrons. The third-order valence-corrected chi connectivity index (χ3v) is 2.98. The van der Waals surface area contributed by atoms with E-state index in [0.717, 1.165) is 0 Å². The van der Waals surface area contributed by atoms with Crippen molar-refractivity contribution in [3.63, 3.8) is 0 Å². The standard InChI is InChI=1S/C13H11ClF3NO2/c1-18-11(10-5-6-19-12(10)14)8-3-2-4-9(7-8)20-13(15,16)17/h2-7,11,18H,1H3. The van der Waals surface area contributed by atoms with Gasteiger partial charge in [0.1, 0.15) is 5.75 Å². The second-order valence-corrected chi connectivity index (χ2v) is 4.33. The van der Waals surface area contributed by atoms with E-state index in [-0.39, 0.29) is 11.0 Å². The summed E-state index contributed by atoms with van der Waals surface area (Å²) in [4.78, 5) is 0. The van der Waals surface area contributed by atoms with Crippen molar-refractivity contribution in [3.8, 4) is 5.75 Å². The van der Waals surface area contributed by atoms with Crippen molar-refractivity contribution >= 4 is 11.6 Å². The Morgan fingerprint density at radius 2 is 2.05 bits per heavy atom. The van der Waals surface area contributed by atoms with Crippen molar-refractivity contribution in [2.75, 3.05) is 7.05 Å². The summed E-state index contributed by atoms with van der Waals surface area (Å²) in [5, 5.41) is 3.16. The maximum absolute atomic E-state index is 12.2. The molecule has 2 rings (SSSR count). The molecule has 3 nitrogen and oxygen atoms in total. The van der Waals surface area contributed by atoms with Crippen LogP contribution < -0.4 is 10.1 Å². The molecular formula is C13H11ClF3NO2. The number of ether oxygens (including phenoxy) is 1. The molecule has 0 amide bonds. The monoisotopic (exact) mass is 305 g/mol. The van der Waals surface area contributed by atoms with Gasteiger partial charge in [0.15, 0.2) is 5.22 Å². The van der Waals surface area contributed by atoms with Gasteiger partial charge in [0, 0.05) is 5.56 Å². The molecule has 1 aromatic carbocycles. The Labute approximate surface area is 118 Å². The average Bonchev–Trinajstić information content (AvgIpc) is 2.75. The van der Waals surface area contributed by atoms with Crippen molar-refractivity contribution in [1.29, 1.82) is 0 Å². The Bertz CT molecular complexity index is 583. The Morgan fingerprint density at radius 1 is 1.30 bits per heavy atom. The third kappa shape index (κ3) is 3.46. The molecule has 7 heteroatoms. The molecule has 0 fully saturated rings. The average molecular weight is 306 g/mol. The maximum Gasteiger partial charge on any atom is 0.573 e. The fraction of sp³-hybridized carbons (Fsp3) is 0.231. The van der Waals surface area contributed by atoms with Gasteiger partial charge in [-0.1, -0.05) is 12.1 Å². The van der Waals surface area contributed by atoms with E-state index in [9.17, 15) is 13.2 Å². The Balaban J connectivity index is 2.32. The molecule has 20 heavy (non-hydrogen) atoms.